The summed E-state index contributed by atoms with van der Waals surface area (Å²) in [7, 11) is 0. The average Bonchev–Trinajstić information content (AvgIpc) is 2.62. The van der Waals surface area contributed by atoms with E-state index >= 15 is 0 Å². The van der Waals surface area contributed by atoms with E-state index in [0.29, 0.717) is 29.4 Å². The molecule has 4 nitrogen and oxygen atoms in total. The van der Waals surface area contributed by atoms with Crippen molar-refractivity contribution in [1.82, 2.24) is 4.90 Å². The van der Waals surface area contributed by atoms with Crippen molar-refractivity contribution in [2.45, 2.75) is 38.5 Å². The minimum Gasteiger partial charge on any atom is -0.339 e. The van der Waals surface area contributed by atoms with Crippen molar-refractivity contribution in [2.24, 2.45) is 0 Å². The van der Waals surface area contributed by atoms with E-state index in [2.05, 4.69) is 5.32 Å². The Morgan fingerprint density at radius 3 is 2.26 bits per heavy atom. The third-order valence-electron chi connectivity index (χ3n) is 5.48. The lowest BCUT2D eigenvalue weighted by atomic mass is 9.64. The van der Waals surface area contributed by atoms with Gasteiger partial charge in [0.1, 0.15) is 0 Å². The molecule has 2 aromatic carbocycles. The summed E-state index contributed by atoms with van der Waals surface area (Å²) in [5, 5.41) is 3.35. The summed E-state index contributed by atoms with van der Waals surface area (Å²) >= 11 is 6.35. The van der Waals surface area contributed by atoms with Crippen LogP contribution in [0.5, 0.6) is 0 Å². The van der Waals surface area contributed by atoms with E-state index in [0.717, 1.165) is 24.8 Å². The Morgan fingerprint density at radius 1 is 1.07 bits per heavy atom. The molecule has 1 fully saturated rings. The third-order valence-corrected chi connectivity index (χ3v) is 5.79. The number of carbonyl (C=O) groups is 2. The highest BCUT2D eigenvalue weighted by molar-refractivity contribution is 6.34. The maximum Gasteiger partial charge on any atom is 0.255 e. The minimum atomic E-state index is -0.469. The lowest BCUT2D eigenvalue weighted by molar-refractivity contribution is -0.124. The summed E-state index contributed by atoms with van der Waals surface area (Å²) in [5.74, 6) is -0.110. The second-order valence-electron chi connectivity index (χ2n) is 6.93. The molecule has 0 unspecified atom stereocenters. The highest BCUT2D eigenvalue weighted by atomic mass is 35.5. The molecule has 0 heterocycles. The molecule has 0 saturated heterocycles. The number of nitrogens with zero attached hydrogens (tertiary/aromatic N) is 1. The van der Waals surface area contributed by atoms with Crippen LogP contribution in [0.15, 0.2) is 48.5 Å². The molecule has 0 radical (unpaired) electrons. The van der Waals surface area contributed by atoms with Crippen LogP contribution >= 0.6 is 11.6 Å². The molecule has 1 N–H and O–H groups in total. The number of nitrogens with one attached hydrogen (secondary N) is 1. The van der Waals surface area contributed by atoms with Crippen LogP contribution in [0.4, 0.5) is 5.69 Å². The summed E-state index contributed by atoms with van der Waals surface area (Å²) in [6, 6.07) is 15.0. The number of rotatable bonds is 6. The standard InChI is InChI=1S/C22H25ClN2O2/c1-3-25(4-2)20(26)18-12-11-17(15-19(18)23)24-21(27)22(13-8-14-22)16-9-6-5-7-10-16/h5-7,9-12,15H,3-4,8,13-14H2,1-2H3,(H,24,27). The van der Waals surface area contributed by atoms with Crippen molar-refractivity contribution in [3.8, 4) is 0 Å². The smallest absolute Gasteiger partial charge is 0.255 e. The van der Waals surface area contributed by atoms with Crippen molar-refractivity contribution in [3.05, 3.63) is 64.7 Å². The van der Waals surface area contributed by atoms with E-state index in [9.17, 15) is 9.59 Å². The van der Waals surface area contributed by atoms with E-state index in [1.165, 1.54) is 0 Å². The quantitative estimate of drug-likeness (QED) is 0.771. The van der Waals surface area contributed by atoms with Crippen LogP contribution in [0.2, 0.25) is 5.02 Å². The minimum absolute atomic E-state index is 0.0150. The molecule has 2 aromatic rings. The lowest BCUT2D eigenvalue weighted by Crippen LogP contribution is -2.46. The first-order chi connectivity index (χ1) is 13.0. The van der Waals surface area contributed by atoms with E-state index < -0.39 is 5.41 Å². The monoisotopic (exact) mass is 384 g/mol. The highest BCUT2D eigenvalue weighted by Gasteiger charge is 2.45. The average molecular weight is 385 g/mol. The van der Waals surface area contributed by atoms with Crippen LogP contribution in [0.1, 0.15) is 49.0 Å². The summed E-state index contributed by atoms with van der Waals surface area (Å²) in [6.07, 6.45) is 2.73. The maximum atomic E-state index is 13.0. The van der Waals surface area contributed by atoms with Gasteiger partial charge in [-0.25, -0.2) is 0 Å². The Balaban J connectivity index is 1.79. The Bertz CT molecular complexity index is 827. The van der Waals surface area contributed by atoms with Gasteiger partial charge in [-0.1, -0.05) is 48.4 Å². The van der Waals surface area contributed by atoms with E-state index in [1.54, 1.807) is 23.1 Å². The van der Waals surface area contributed by atoms with E-state index in [-0.39, 0.29) is 11.8 Å². The molecule has 142 valence electrons. The molecular formula is C22H25ClN2O2. The number of hydrogen-bond acceptors (Lipinski definition) is 2. The fourth-order valence-electron chi connectivity index (χ4n) is 3.63. The molecule has 1 aliphatic carbocycles. The molecule has 0 spiro atoms. The second-order valence-corrected chi connectivity index (χ2v) is 7.34. The molecule has 0 bridgehead atoms. The van der Waals surface area contributed by atoms with Gasteiger partial charge in [-0.15, -0.1) is 0 Å². The van der Waals surface area contributed by atoms with Gasteiger partial charge in [0.25, 0.3) is 5.91 Å². The molecule has 0 atom stereocenters. The Hall–Kier alpha value is -2.33. The van der Waals surface area contributed by atoms with Crippen molar-refractivity contribution < 1.29 is 9.59 Å². The third kappa shape index (κ3) is 3.72. The van der Waals surface area contributed by atoms with Crippen molar-refractivity contribution in [1.29, 1.82) is 0 Å². The SMILES string of the molecule is CCN(CC)C(=O)c1ccc(NC(=O)C2(c3ccccc3)CCC2)cc1Cl. The molecule has 0 aromatic heterocycles. The van der Waals surface area contributed by atoms with Crippen molar-refractivity contribution in [3.63, 3.8) is 0 Å². The first-order valence-corrected chi connectivity index (χ1v) is 9.85. The van der Waals surface area contributed by atoms with E-state index in [1.807, 2.05) is 44.2 Å². The Kier molecular flexibility index (Phi) is 5.85. The van der Waals surface area contributed by atoms with Crippen molar-refractivity contribution >= 4 is 29.1 Å². The van der Waals surface area contributed by atoms with Crippen LogP contribution < -0.4 is 5.32 Å². The largest absolute Gasteiger partial charge is 0.339 e. The first kappa shape index (κ1) is 19.4. The molecule has 1 aliphatic rings. The zero-order valence-corrected chi connectivity index (χ0v) is 16.6. The van der Waals surface area contributed by atoms with Gasteiger partial charge < -0.3 is 10.2 Å². The summed E-state index contributed by atoms with van der Waals surface area (Å²) in [5.41, 5.74) is 1.65. The zero-order valence-electron chi connectivity index (χ0n) is 15.8. The second kappa shape index (κ2) is 8.13. The molecule has 5 heteroatoms. The van der Waals surface area contributed by atoms with Gasteiger partial charge >= 0.3 is 0 Å². The zero-order chi connectivity index (χ0) is 19.4. The molecule has 0 aliphatic heterocycles. The predicted octanol–water partition coefficient (Wildman–Crippen LogP) is 4.88. The lowest BCUT2D eigenvalue weighted by Gasteiger charge is -2.40. The fraction of sp³-hybridized carbons (Fsp3) is 0.364. The number of carbonyl (C=O) groups excluding carboxylic acids is 2. The van der Waals surface area contributed by atoms with Gasteiger partial charge in [0.05, 0.1) is 16.0 Å². The number of halogens is 1. The van der Waals surface area contributed by atoms with Gasteiger partial charge in [0, 0.05) is 18.8 Å². The van der Waals surface area contributed by atoms with Crippen LogP contribution in [-0.2, 0) is 10.2 Å². The summed E-state index contributed by atoms with van der Waals surface area (Å²) < 4.78 is 0. The molecular weight excluding hydrogens is 360 g/mol. The topological polar surface area (TPSA) is 49.4 Å². The number of hydrogen-bond donors (Lipinski definition) is 1. The highest BCUT2D eigenvalue weighted by Crippen LogP contribution is 2.44. The molecule has 27 heavy (non-hydrogen) atoms. The number of benzene rings is 2. The van der Waals surface area contributed by atoms with Gasteiger partial charge in [-0.3, -0.25) is 9.59 Å². The maximum absolute atomic E-state index is 13.0. The van der Waals surface area contributed by atoms with Gasteiger partial charge in [-0.05, 0) is 50.5 Å². The van der Waals surface area contributed by atoms with Gasteiger partial charge in [0.15, 0.2) is 0 Å². The number of amides is 2. The van der Waals surface area contributed by atoms with Crippen LogP contribution in [0, 0.1) is 0 Å². The molecule has 3 rings (SSSR count). The van der Waals surface area contributed by atoms with E-state index in [4.69, 9.17) is 11.6 Å². The van der Waals surface area contributed by atoms with Crippen LogP contribution in [0.25, 0.3) is 0 Å². The normalized spacial score (nSPS) is 14.9. The Labute approximate surface area is 165 Å². The van der Waals surface area contributed by atoms with Crippen LogP contribution in [-0.4, -0.2) is 29.8 Å². The molecule has 1 saturated carbocycles. The number of anilines is 1. The Morgan fingerprint density at radius 2 is 1.74 bits per heavy atom. The van der Waals surface area contributed by atoms with Gasteiger partial charge in [0.2, 0.25) is 5.91 Å². The van der Waals surface area contributed by atoms with Crippen molar-refractivity contribution in [2.75, 3.05) is 18.4 Å². The van der Waals surface area contributed by atoms with Crippen LogP contribution in [0.3, 0.4) is 0 Å². The summed E-state index contributed by atoms with van der Waals surface area (Å²) in [4.78, 5) is 27.3. The molecule has 2 amide bonds. The predicted molar refractivity (Wildman–Crippen MR) is 109 cm³/mol. The summed E-state index contributed by atoms with van der Waals surface area (Å²) in [6.45, 7) is 5.13. The fourth-order valence-corrected chi connectivity index (χ4v) is 3.89. The van der Waals surface area contributed by atoms with Gasteiger partial charge in [-0.2, -0.15) is 0 Å². The first-order valence-electron chi connectivity index (χ1n) is 9.47.